The quantitative estimate of drug-likeness (QED) is 0.588. The highest BCUT2D eigenvalue weighted by molar-refractivity contribution is 5.79. The van der Waals surface area contributed by atoms with Crippen molar-refractivity contribution in [2.75, 3.05) is 6.54 Å². The summed E-state index contributed by atoms with van der Waals surface area (Å²) in [6.07, 6.45) is 12.9. The van der Waals surface area contributed by atoms with Crippen molar-refractivity contribution in [2.24, 2.45) is 0 Å². The van der Waals surface area contributed by atoms with E-state index < -0.39 is 0 Å². The lowest BCUT2D eigenvalue weighted by molar-refractivity contribution is -0.134. The zero-order chi connectivity index (χ0) is 15.5. The highest BCUT2D eigenvalue weighted by atomic mass is 16.2. The van der Waals surface area contributed by atoms with Gasteiger partial charge in [-0.25, -0.2) is 0 Å². The van der Waals surface area contributed by atoms with Crippen molar-refractivity contribution >= 4 is 11.7 Å². The van der Waals surface area contributed by atoms with Gasteiger partial charge in [0.1, 0.15) is 5.78 Å². The molecule has 21 heavy (non-hydrogen) atoms. The lowest BCUT2D eigenvalue weighted by Crippen LogP contribution is -2.40. The molecule has 1 fully saturated rings. The lowest BCUT2D eigenvalue weighted by Gasteiger charge is -2.29. The Bertz CT molecular complexity index is 314. The Kier molecular flexibility index (Phi) is 9.36. The lowest BCUT2D eigenvalue weighted by atomic mass is 10.0. The number of hydrogen-bond acceptors (Lipinski definition) is 2. The highest BCUT2D eigenvalue weighted by Gasteiger charge is 2.25. The number of amides is 1. The number of rotatable bonds is 9. The van der Waals surface area contributed by atoms with E-state index >= 15 is 0 Å². The predicted molar refractivity (Wildman–Crippen MR) is 87.3 cm³/mol. The summed E-state index contributed by atoms with van der Waals surface area (Å²) in [4.78, 5) is 25.9. The molecule has 1 amide bonds. The fraction of sp³-hybridized carbons (Fsp3) is 0.889. The van der Waals surface area contributed by atoms with Crippen molar-refractivity contribution in [2.45, 2.75) is 96.9 Å². The molecule has 1 unspecified atom stereocenters. The summed E-state index contributed by atoms with van der Waals surface area (Å²) in [5.74, 6) is 0.484. The van der Waals surface area contributed by atoms with Crippen molar-refractivity contribution in [1.82, 2.24) is 4.90 Å². The Morgan fingerprint density at radius 2 is 1.71 bits per heavy atom. The summed E-state index contributed by atoms with van der Waals surface area (Å²) in [6, 6.07) is 0.164. The maximum Gasteiger partial charge on any atom is 0.222 e. The number of carbonyl (C=O) groups is 2. The number of carbonyl (C=O) groups excluding carboxylic acids is 2. The molecule has 1 aliphatic heterocycles. The van der Waals surface area contributed by atoms with Crippen LogP contribution >= 0.6 is 0 Å². The van der Waals surface area contributed by atoms with Crippen LogP contribution in [0.3, 0.4) is 0 Å². The first-order chi connectivity index (χ1) is 10.1. The van der Waals surface area contributed by atoms with Crippen LogP contribution in [0, 0.1) is 0 Å². The van der Waals surface area contributed by atoms with Crippen LogP contribution in [-0.4, -0.2) is 29.2 Å². The summed E-state index contributed by atoms with van der Waals surface area (Å²) in [7, 11) is 0. The molecule has 0 N–H and O–H groups in total. The molecule has 3 heteroatoms. The monoisotopic (exact) mass is 295 g/mol. The maximum atomic E-state index is 12.4. The Balaban J connectivity index is 2.35. The molecule has 1 heterocycles. The van der Waals surface area contributed by atoms with E-state index in [4.69, 9.17) is 0 Å². The second-order valence-corrected chi connectivity index (χ2v) is 6.51. The third-order valence-electron chi connectivity index (χ3n) is 4.46. The average Bonchev–Trinajstić information content (AvgIpc) is 2.67. The molecule has 1 saturated heterocycles. The van der Waals surface area contributed by atoms with Gasteiger partial charge < -0.3 is 4.90 Å². The van der Waals surface area contributed by atoms with Gasteiger partial charge in [0.2, 0.25) is 5.91 Å². The zero-order valence-corrected chi connectivity index (χ0v) is 14.0. The standard InChI is InChI=1S/C18H33NO2/c1-3-4-5-6-7-10-13-18(21)19-14-11-8-9-12-17(19)15-16(2)20/h17H,3-15H2,1-2H3. The molecule has 0 saturated carbocycles. The van der Waals surface area contributed by atoms with Gasteiger partial charge in [-0.3, -0.25) is 9.59 Å². The van der Waals surface area contributed by atoms with E-state index in [0.717, 1.165) is 38.6 Å². The maximum absolute atomic E-state index is 12.4. The number of likely N-dealkylation sites (tertiary alicyclic amines) is 1. The number of hydrogen-bond donors (Lipinski definition) is 0. The van der Waals surface area contributed by atoms with Crippen molar-refractivity contribution < 1.29 is 9.59 Å². The van der Waals surface area contributed by atoms with Gasteiger partial charge in [0.15, 0.2) is 0 Å². The van der Waals surface area contributed by atoms with E-state index in [-0.39, 0.29) is 17.7 Å². The topological polar surface area (TPSA) is 37.4 Å². The van der Waals surface area contributed by atoms with Gasteiger partial charge in [0.25, 0.3) is 0 Å². The molecule has 1 rings (SSSR count). The fourth-order valence-corrected chi connectivity index (χ4v) is 3.25. The Hall–Kier alpha value is -0.860. The van der Waals surface area contributed by atoms with Crippen LogP contribution in [0.25, 0.3) is 0 Å². The van der Waals surface area contributed by atoms with Crippen molar-refractivity contribution in [3.05, 3.63) is 0 Å². The third kappa shape index (κ3) is 7.63. The Morgan fingerprint density at radius 1 is 1.00 bits per heavy atom. The second-order valence-electron chi connectivity index (χ2n) is 6.51. The number of Topliss-reactive ketones (excluding diaryl/α,β-unsaturated/α-hetero) is 1. The first kappa shape index (κ1) is 18.2. The summed E-state index contributed by atoms with van der Waals surface area (Å²) in [5, 5.41) is 0. The van der Waals surface area contributed by atoms with Crippen LogP contribution in [0.1, 0.15) is 90.9 Å². The number of nitrogens with zero attached hydrogens (tertiary/aromatic N) is 1. The SMILES string of the molecule is CCCCCCCCC(=O)N1CCCCCC1CC(C)=O. The van der Waals surface area contributed by atoms with Crippen LogP contribution in [0.15, 0.2) is 0 Å². The van der Waals surface area contributed by atoms with Gasteiger partial charge in [0.05, 0.1) is 0 Å². The minimum Gasteiger partial charge on any atom is -0.339 e. The molecule has 0 radical (unpaired) electrons. The summed E-state index contributed by atoms with van der Waals surface area (Å²) in [5.41, 5.74) is 0. The van der Waals surface area contributed by atoms with Crippen molar-refractivity contribution in [1.29, 1.82) is 0 Å². The van der Waals surface area contributed by atoms with Gasteiger partial charge >= 0.3 is 0 Å². The Morgan fingerprint density at radius 3 is 2.43 bits per heavy atom. The number of ketones is 1. The molecule has 3 nitrogen and oxygen atoms in total. The van der Waals surface area contributed by atoms with E-state index in [1.165, 1.54) is 32.1 Å². The summed E-state index contributed by atoms with van der Waals surface area (Å²) < 4.78 is 0. The second kappa shape index (κ2) is 10.8. The fourth-order valence-electron chi connectivity index (χ4n) is 3.25. The third-order valence-corrected chi connectivity index (χ3v) is 4.46. The molecule has 0 aromatic heterocycles. The first-order valence-electron chi connectivity index (χ1n) is 8.94. The van der Waals surface area contributed by atoms with E-state index in [1.54, 1.807) is 6.92 Å². The van der Waals surface area contributed by atoms with Crippen LogP contribution in [0.2, 0.25) is 0 Å². The molecule has 122 valence electrons. The highest BCUT2D eigenvalue weighted by Crippen LogP contribution is 2.21. The van der Waals surface area contributed by atoms with Crippen LogP contribution in [-0.2, 0) is 9.59 Å². The number of unbranched alkanes of at least 4 members (excludes halogenated alkanes) is 5. The van der Waals surface area contributed by atoms with Crippen molar-refractivity contribution in [3.8, 4) is 0 Å². The van der Waals surface area contributed by atoms with E-state index in [9.17, 15) is 9.59 Å². The van der Waals surface area contributed by atoms with E-state index in [1.807, 2.05) is 4.90 Å². The molecule has 0 aromatic rings. The largest absolute Gasteiger partial charge is 0.339 e. The van der Waals surface area contributed by atoms with Gasteiger partial charge in [-0.15, -0.1) is 0 Å². The minimum atomic E-state index is 0.164. The molecule has 0 spiro atoms. The summed E-state index contributed by atoms with van der Waals surface area (Å²) in [6.45, 7) is 4.71. The molecular formula is C18H33NO2. The first-order valence-corrected chi connectivity index (χ1v) is 8.94. The molecular weight excluding hydrogens is 262 g/mol. The van der Waals surface area contributed by atoms with Gasteiger partial charge in [-0.05, 0) is 26.2 Å². The van der Waals surface area contributed by atoms with Crippen LogP contribution in [0.4, 0.5) is 0 Å². The van der Waals surface area contributed by atoms with Gasteiger partial charge in [0, 0.05) is 25.4 Å². The van der Waals surface area contributed by atoms with Crippen molar-refractivity contribution in [3.63, 3.8) is 0 Å². The molecule has 1 aliphatic rings. The van der Waals surface area contributed by atoms with E-state index in [0.29, 0.717) is 12.8 Å². The van der Waals surface area contributed by atoms with Crippen LogP contribution < -0.4 is 0 Å². The minimum absolute atomic E-state index is 0.164. The molecule has 1 atom stereocenters. The van der Waals surface area contributed by atoms with Gasteiger partial charge in [-0.1, -0.05) is 51.9 Å². The Labute approximate surface area is 130 Å². The smallest absolute Gasteiger partial charge is 0.222 e. The zero-order valence-electron chi connectivity index (χ0n) is 14.0. The van der Waals surface area contributed by atoms with Gasteiger partial charge in [-0.2, -0.15) is 0 Å². The summed E-state index contributed by atoms with van der Waals surface area (Å²) >= 11 is 0. The van der Waals surface area contributed by atoms with Crippen LogP contribution in [0.5, 0.6) is 0 Å². The molecule has 0 bridgehead atoms. The molecule has 0 aromatic carbocycles. The normalized spacial score (nSPS) is 19.3. The average molecular weight is 295 g/mol. The molecule has 0 aliphatic carbocycles. The predicted octanol–water partition coefficient (Wildman–Crippen LogP) is 4.49. The van der Waals surface area contributed by atoms with E-state index in [2.05, 4.69) is 6.92 Å².